The summed E-state index contributed by atoms with van der Waals surface area (Å²) in [7, 11) is 1.68. The lowest BCUT2D eigenvalue weighted by atomic mass is 9.80. The maximum absolute atomic E-state index is 11.7. The van der Waals surface area contributed by atoms with E-state index in [2.05, 4.69) is 82.9 Å². The predicted molar refractivity (Wildman–Crippen MR) is 179 cm³/mol. The number of nitrogens with one attached hydrogen (secondary N) is 1. The molecule has 0 spiro atoms. The molecule has 4 aromatic rings. The molecular formula is C39H43NO3. The van der Waals surface area contributed by atoms with Crippen molar-refractivity contribution in [2.45, 2.75) is 53.5 Å². The fourth-order valence-corrected chi connectivity index (χ4v) is 5.43. The highest BCUT2D eigenvalue weighted by atomic mass is 16.5. The Morgan fingerprint density at radius 1 is 0.860 bits per heavy atom. The van der Waals surface area contributed by atoms with Gasteiger partial charge in [-0.1, -0.05) is 92.7 Å². The summed E-state index contributed by atoms with van der Waals surface area (Å²) in [5.74, 6) is 0.648. The zero-order valence-electron chi connectivity index (χ0n) is 26.2. The van der Waals surface area contributed by atoms with Crippen LogP contribution in [0.4, 0.5) is 0 Å². The van der Waals surface area contributed by atoms with Crippen LogP contribution < -0.4 is 10.1 Å². The minimum atomic E-state index is -0.910. The van der Waals surface area contributed by atoms with E-state index in [1.165, 1.54) is 27.8 Å². The van der Waals surface area contributed by atoms with Crippen molar-refractivity contribution in [3.8, 4) is 16.9 Å². The molecule has 4 rings (SSSR count). The van der Waals surface area contributed by atoms with Gasteiger partial charge in [0.15, 0.2) is 0 Å². The van der Waals surface area contributed by atoms with Crippen LogP contribution in [0.2, 0.25) is 0 Å². The fraction of sp³-hybridized carbons (Fsp3) is 0.256. The van der Waals surface area contributed by atoms with Gasteiger partial charge in [-0.25, -0.2) is 4.79 Å². The fourth-order valence-electron chi connectivity index (χ4n) is 5.43. The highest BCUT2D eigenvalue weighted by Crippen LogP contribution is 2.35. The molecule has 0 saturated heterocycles. The Bertz CT molecular complexity index is 1630. The number of rotatable bonds is 12. The first kappa shape index (κ1) is 31.4. The molecule has 0 aliphatic rings. The van der Waals surface area contributed by atoms with Crippen LogP contribution >= 0.6 is 0 Å². The minimum Gasteiger partial charge on any atom is -0.497 e. The molecule has 0 aliphatic carbocycles. The van der Waals surface area contributed by atoms with Crippen LogP contribution in [-0.4, -0.2) is 18.2 Å². The molecule has 2 unspecified atom stereocenters. The molecule has 0 aromatic heterocycles. The van der Waals surface area contributed by atoms with Gasteiger partial charge in [-0.2, -0.15) is 0 Å². The van der Waals surface area contributed by atoms with Crippen molar-refractivity contribution in [3.63, 3.8) is 0 Å². The molecule has 0 saturated carbocycles. The zero-order valence-corrected chi connectivity index (χ0v) is 26.2. The van der Waals surface area contributed by atoms with Crippen LogP contribution in [0.5, 0.6) is 5.75 Å². The van der Waals surface area contributed by atoms with Crippen LogP contribution in [0.3, 0.4) is 0 Å². The first-order valence-electron chi connectivity index (χ1n) is 14.8. The maximum atomic E-state index is 11.7. The van der Waals surface area contributed by atoms with Gasteiger partial charge in [0, 0.05) is 12.2 Å². The Balaban J connectivity index is 1.52. The molecule has 2 N–H and O–H groups in total. The number of hydrogen-bond acceptors (Lipinski definition) is 3. The molecule has 0 bridgehead atoms. The summed E-state index contributed by atoms with van der Waals surface area (Å²) in [6.07, 6.45) is 0.923. The van der Waals surface area contributed by atoms with Gasteiger partial charge in [0.25, 0.3) is 0 Å². The van der Waals surface area contributed by atoms with Crippen LogP contribution in [-0.2, 0) is 13.0 Å². The minimum absolute atomic E-state index is 0.320. The second-order valence-electron chi connectivity index (χ2n) is 11.6. The number of benzene rings is 4. The first-order chi connectivity index (χ1) is 20.6. The summed E-state index contributed by atoms with van der Waals surface area (Å²) in [5.41, 5.74) is 11.5. The quantitative estimate of drug-likeness (QED) is 0.177. The van der Waals surface area contributed by atoms with Gasteiger partial charge >= 0.3 is 5.97 Å². The predicted octanol–water partition coefficient (Wildman–Crippen LogP) is 9.62. The summed E-state index contributed by atoms with van der Waals surface area (Å²) < 4.78 is 5.36. The largest absolute Gasteiger partial charge is 0.497 e. The number of hydrogen-bond donors (Lipinski definition) is 2. The lowest BCUT2D eigenvalue weighted by Crippen LogP contribution is -2.14. The van der Waals surface area contributed by atoms with Crippen molar-refractivity contribution in [3.05, 3.63) is 137 Å². The van der Waals surface area contributed by atoms with Crippen molar-refractivity contribution in [2.24, 2.45) is 5.92 Å². The summed E-state index contributed by atoms with van der Waals surface area (Å²) in [4.78, 5) is 11.7. The highest BCUT2D eigenvalue weighted by molar-refractivity contribution is 5.96. The van der Waals surface area contributed by atoms with Crippen LogP contribution in [0.1, 0.15) is 78.7 Å². The Morgan fingerprint density at radius 2 is 1.58 bits per heavy atom. The monoisotopic (exact) mass is 573 g/mol. The molecule has 0 amide bonds. The molecular weight excluding hydrogens is 530 g/mol. The standard InChI is InChI=1S/C39H43NO3/c1-25(2)27(4)38-23-33(29(6)40-24-31-11-10-12-34(22-31)43-7)19-20-35(38)28(5)26(3)21-30-15-17-32(18-16-30)36-13-8-9-14-37(36)39(41)42/h8-20,22-23,26,28,40H,6,21,24H2,1-5,7H3,(H,41,42). The third kappa shape index (κ3) is 7.64. The Labute approximate surface area is 256 Å². The van der Waals surface area contributed by atoms with Crippen molar-refractivity contribution >= 4 is 17.2 Å². The van der Waals surface area contributed by atoms with E-state index in [1.54, 1.807) is 19.2 Å². The smallest absolute Gasteiger partial charge is 0.336 e. The average molecular weight is 574 g/mol. The summed E-state index contributed by atoms with van der Waals surface area (Å²) in [5, 5.41) is 13.1. The number of methoxy groups -OCH3 is 1. The molecule has 4 nitrogen and oxygen atoms in total. The molecule has 4 aromatic carbocycles. The van der Waals surface area contributed by atoms with Gasteiger partial charge in [0.1, 0.15) is 5.75 Å². The molecule has 2 atom stereocenters. The SMILES string of the molecule is C=C(NCc1cccc(OC)c1)c1ccc(C(C)C(C)Cc2ccc(-c3ccccc3C(=O)O)cc2)c(C(C)=C(C)C)c1. The van der Waals surface area contributed by atoms with Crippen molar-refractivity contribution in [1.29, 1.82) is 0 Å². The van der Waals surface area contributed by atoms with E-state index in [-0.39, 0.29) is 0 Å². The van der Waals surface area contributed by atoms with E-state index >= 15 is 0 Å². The number of carboxylic acids is 1. The van der Waals surface area contributed by atoms with E-state index in [9.17, 15) is 9.90 Å². The summed E-state index contributed by atoms with van der Waals surface area (Å²) >= 11 is 0. The molecule has 0 radical (unpaired) electrons. The average Bonchev–Trinajstić information content (AvgIpc) is 3.02. The van der Waals surface area contributed by atoms with E-state index < -0.39 is 5.97 Å². The topological polar surface area (TPSA) is 58.6 Å². The van der Waals surface area contributed by atoms with Crippen LogP contribution in [0.15, 0.2) is 103 Å². The van der Waals surface area contributed by atoms with Crippen molar-refractivity contribution < 1.29 is 14.6 Å². The molecule has 4 heteroatoms. The second kappa shape index (κ2) is 14.1. The molecule has 0 heterocycles. The molecule has 222 valence electrons. The Morgan fingerprint density at radius 3 is 2.26 bits per heavy atom. The van der Waals surface area contributed by atoms with Gasteiger partial charge in [0.2, 0.25) is 0 Å². The normalized spacial score (nSPS) is 12.2. The van der Waals surface area contributed by atoms with Gasteiger partial charge in [-0.05, 0) is 108 Å². The number of aromatic carboxylic acids is 1. The zero-order chi connectivity index (χ0) is 31.1. The Kier molecular flexibility index (Phi) is 10.3. The highest BCUT2D eigenvalue weighted by Gasteiger charge is 2.20. The summed E-state index contributed by atoms with van der Waals surface area (Å²) in [6, 6.07) is 30.3. The second-order valence-corrected chi connectivity index (χ2v) is 11.6. The number of ether oxygens (including phenoxy) is 1. The lowest BCUT2D eigenvalue weighted by molar-refractivity contribution is 0.0697. The number of carboxylic acid groups (broad SMARTS) is 1. The lowest BCUT2D eigenvalue weighted by Gasteiger charge is -2.25. The van der Waals surface area contributed by atoms with Crippen molar-refractivity contribution in [1.82, 2.24) is 5.32 Å². The van der Waals surface area contributed by atoms with E-state index in [0.717, 1.165) is 40.1 Å². The Hall–Kier alpha value is -4.57. The third-order valence-electron chi connectivity index (χ3n) is 8.52. The van der Waals surface area contributed by atoms with Crippen molar-refractivity contribution in [2.75, 3.05) is 7.11 Å². The van der Waals surface area contributed by atoms with Gasteiger partial charge in [-0.15, -0.1) is 0 Å². The molecule has 0 fully saturated rings. The van der Waals surface area contributed by atoms with E-state index in [1.807, 2.05) is 42.5 Å². The van der Waals surface area contributed by atoms with Gasteiger partial charge in [0.05, 0.1) is 12.7 Å². The number of allylic oxidation sites excluding steroid dienone is 2. The van der Waals surface area contributed by atoms with Crippen LogP contribution in [0.25, 0.3) is 22.4 Å². The molecule has 0 aliphatic heterocycles. The number of carbonyl (C=O) groups is 1. The third-order valence-corrected chi connectivity index (χ3v) is 8.52. The maximum Gasteiger partial charge on any atom is 0.336 e. The van der Waals surface area contributed by atoms with E-state index in [0.29, 0.717) is 23.9 Å². The van der Waals surface area contributed by atoms with Gasteiger partial charge in [-0.3, -0.25) is 0 Å². The summed E-state index contributed by atoms with van der Waals surface area (Å²) in [6.45, 7) is 16.2. The first-order valence-corrected chi connectivity index (χ1v) is 14.8. The molecule has 43 heavy (non-hydrogen) atoms. The van der Waals surface area contributed by atoms with Gasteiger partial charge < -0.3 is 15.2 Å². The van der Waals surface area contributed by atoms with Crippen LogP contribution in [0, 0.1) is 5.92 Å². The van der Waals surface area contributed by atoms with E-state index in [4.69, 9.17) is 4.74 Å².